The Hall–Kier alpha value is -1.28. The lowest BCUT2D eigenvalue weighted by Gasteiger charge is -2.29. The molecule has 8 nitrogen and oxygen atoms in total. The first-order valence-corrected chi connectivity index (χ1v) is 13.8. The number of carbonyl (C=O) groups excluding carboxylic acids is 1. The van der Waals surface area contributed by atoms with Crippen molar-refractivity contribution in [2.45, 2.75) is 77.4 Å². The van der Waals surface area contributed by atoms with E-state index < -0.39 is 26.6 Å². The van der Waals surface area contributed by atoms with E-state index in [9.17, 15) is 19.4 Å². The van der Waals surface area contributed by atoms with E-state index in [0.717, 1.165) is 32.1 Å². The van der Waals surface area contributed by atoms with Gasteiger partial charge < -0.3 is 28.8 Å². The predicted octanol–water partition coefficient (Wildman–Crippen LogP) is 3.87. The molecule has 0 heterocycles. The molecule has 34 heavy (non-hydrogen) atoms. The third-order valence-electron chi connectivity index (χ3n) is 4.78. The third kappa shape index (κ3) is 20.1. The summed E-state index contributed by atoms with van der Waals surface area (Å²) >= 11 is 0. The van der Waals surface area contributed by atoms with E-state index >= 15 is 0 Å². The number of quaternary nitrogens is 1. The zero-order valence-corrected chi connectivity index (χ0v) is 22.7. The van der Waals surface area contributed by atoms with Crippen LogP contribution in [0.4, 0.5) is 0 Å². The Labute approximate surface area is 206 Å². The number of amides is 1. The van der Waals surface area contributed by atoms with E-state index in [1.165, 1.54) is 6.42 Å². The van der Waals surface area contributed by atoms with Crippen LogP contribution >= 0.6 is 7.82 Å². The predicted molar refractivity (Wildman–Crippen MR) is 136 cm³/mol. The van der Waals surface area contributed by atoms with Gasteiger partial charge >= 0.3 is 0 Å². The van der Waals surface area contributed by atoms with Crippen LogP contribution in [0, 0.1) is 0 Å². The molecule has 0 aliphatic carbocycles. The molecule has 0 spiro atoms. The van der Waals surface area contributed by atoms with E-state index in [1.54, 1.807) is 6.08 Å². The van der Waals surface area contributed by atoms with Crippen molar-refractivity contribution in [3.8, 4) is 0 Å². The van der Waals surface area contributed by atoms with Gasteiger partial charge in [-0.15, -0.1) is 0 Å². The van der Waals surface area contributed by atoms with Crippen molar-refractivity contribution in [1.82, 2.24) is 5.32 Å². The zero-order valence-electron chi connectivity index (χ0n) is 21.8. The van der Waals surface area contributed by atoms with Gasteiger partial charge in [0.15, 0.2) is 0 Å². The van der Waals surface area contributed by atoms with Crippen molar-refractivity contribution in [3.05, 3.63) is 36.5 Å². The summed E-state index contributed by atoms with van der Waals surface area (Å²) in [5.74, 6) is -0.272. The van der Waals surface area contributed by atoms with Crippen LogP contribution in [-0.4, -0.2) is 68.5 Å². The maximum Gasteiger partial charge on any atom is 0.268 e. The van der Waals surface area contributed by atoms with Crippen LogP contribution in [-0.2, 0) is 18.4 Å². The van der Waals surface area contributed by atoms with Crippen LogP contribution in [0.1, 0.15) is 65.2 Å². The number of allylic oxidation sites excluding steroid dienone is 5. The van der Waals surface area contributed by atoms with Crippen molar-refractivity contribution in [3.63, 3.8) is 0 Å². The van der Waals surface area contributed by atoms with E-state index in [4.69, 9.17) is 9.05 Å². The minimum Gasteiger partial charge on any atom is -0.756 e. The standard InChI is InChI=1S/C25H47N2O6P/c1-6-8-9-10-11-12-13-14-15-16-17-19-24(28)23(26-25(29)18-7-2)22-33-34(30,31)32-21-20-27(3,4)5/h9-10,13-14,17,19,23-24,28H,6-8,11-12,15-16,18,20-22H2,1-5H3,(H-,26,29,30,31)/b10-9+,14-13+,19-17+. The van der Waals surface area contributed by atoms with Gasteiger partial charge in [-0.25, -0.2) is 0 Å². The number of aliphatic hydroxyl groups excluding tert-OH is 1. The third-order valence-corrected chi connectivity index (χ3v) is 5.75. The fourth-order valence-corrected chi connectivity index (χ4v) is 3.48. The lowest BCUT2D eigenvalue weighted by molar-refractivity contribution is -0.870. The van der Waals surface area contributed by atoms with E-state index in [1.807, 2.05) is 34.1 Å². The first kappa shape index (κ1) is 32.7. The number of likely N-dealkylation sites (N-methyl/N-ethyl adjacent to an activating group) is 1. The van der Waals surface area contributed by atoms with Gasteiger partial charge in [0.05, 0.1) is 39.9 Å². The first-order valence-electron chi connectivity index (χ1n) is 12.4. The van der Waals surface area contributed by atoms with E-state index in [0.29, 0.717) is 17.4 Å². The van der Waals surface area contributed by atoms with Crippen molar-refractivity contribution < 1.29 is 32.9 Å². The largest absolute Gasteiger partial charge is 0.756 e. The van der Waals surface area contributed by atoms with E-state index in [-0.39, 0.29) is 18.9 Å². The number of rotatable bonds is 20. The van der Waals surface area contributed by atoms with Gasteiger partial charge in [-0.1, -0.05) is 56.7 Å². The van der Waals surface area contributed by atoms with E-state index in [2.05, 4.69) is 36.5 Å². The summed E-state index contributed by atoms with van der Waals surface area (Å²) in [6, 6.07) is -0.898. The Morgan fingerprint density at radius 3 is 2.06 bits per heavy atom. The molecule has 0 aromatic heterocycles. The van der Waals surface area contributed by atoms with Crippen LogP contribution in [0.15, 0.2) is 36.5 Å². The van der Waals surface area contributed by atoms with Crippen molar-refractivity contribution in [2.24, 2.45) is 0 Å². The number of unbranched alkanes of at least 4 members (excludes halogenated alkanes) is 3. The summed E-state index contributed by atoms with van der Waals surface area (Å²) < 4.78 is 22.5. The molecule has 0 radical (unpaired) electrons. The Bertz CT molecular complexity index is 673. The summed E-state index contributed by atoms with van der Waals surface area (Å²) in [6.45, 7) is 4.10. The monoisotopic (exact) mass is 502 g/mol. The van der Waals surface area contributed by atoms with Gasteiger partial charge in [-0.05, 0) is 38.5 Å². The summed E-state index contributed by atoms with van der Waals surface area (Å²) in [7, 11) is 1.21. The lowest BCUT2D eigenvalue weighted by atomic mass is 10.1. The normalized spacial score (nSPS) is 16.3. The maximum absolute atomic E-state index is 12.1. The molecule has 0 bridgehead atoms. The molecule has 9 heteroatoms. The van der Waals surface area contributed by atoms with Crippen molar-refractivity contribution in [1.29, 1.82) is 0 Å². The Balaban J connectivity index is 4.63. The highest BCUT2D eigenvalue weighted by Gasteiger charge is 2.22. The molecule has 0 aromatic rings. The fraction of sp³-hybridized carbons (Fsp3) is 0.720. The molecule has 0 fully saturated rings. The average Bonchev–Trinajstić information content (AvgIpc) is 2.74. The number of carbonyl (C=O) groups is 1. The summed E-state index contributed by atoms with van der Waals surface area (Å²) in [4.78, 5) is 24.1. The van der Waals surface area contributed by atoms with Gasteiger partial charge in [0.1, 0.15) is 13.2 Å². The Morgan fingerprint density at radius 2 is 1.53 bits per heavy atom. The second-order valence-corrected chi connectivity index (χ2v) is 10.7. The maximum atomic E-state index is 12.1. The molecule has 3 atom stereocenters. The number of phosphoric ester groups is 1. The minimum absolute atomic E-state index is 0.0118. The van der Waals surface area contributed by atoms with Gasteiger partial charge in [0.2, 0.25) is 5.91 Å². The molecule has 0 aliphatic rings. The molecular formula is C25H47N2O6P. The Kier molecular flexibility index (Phi) is 18.3. The molecule has 0 rings (SSSR count). The number of hydrogen-bond acceptors (Lipinski definition) is 6. The highest BCUT2D eigenvalue weighted by atomic mass is 31.2. The molecule has 0 saturated heterocycles. The summed E-state index contributed by atoms with van der Waals surface area (Å²) in [6.07, 6.45) is 17.8. The smallest absolute Gasteiger partial charge is 0.268 e. The highest BCUT2D eigenvalue weighted by molar-refractivity contribution is 7.45. The zero-order chi connectivity index (χ0) is 25.9. The SMILES string of the molecule is CCC/C=C/CC/C=C/CC/C=C/C(O)C(COP(=O)([O-])OCC[N+](C)(C)C)NC(=O)CCC. The van der Waals surface area contributed by atoms with Crippen molar-refractivity contribution in [2.75, 3.05) is 40.9 Å². The topological polar surface area (TPSA) is 108 Å². The molecule has 2 N–H and O–H groups in total. The number of aliphatic hydroxyl groups is 1. The molecule has 0 aliphatic heterocycles. The summed E-state index contributed by atoms with van der Waals surface area (Å²) in [5, 5.41) is 13.2. The molecule has 1 amide bonds. The van der Waals surface area contributed by atoms with Gasteiger partial charge in [0.25, 0.3) is 7.82 Å². The van der Waals surface area contributed by atoms with Crippen LogP contribution in [0.25, 0.3) is 0 Å². The molecule has 0 aromatic carbocycles. The first-order chi connectivity index (χ1) is 16.0. The molecule has 198 valence electrons. The fourth-order valence-electron chi connectivity index (χ4n) is 2.76. The number of hydrogen-bond donors (Lipinski definition) is 2. The van der Waals surface area contributed by atoms with Gasteiger partial charge in [-0.3, -0.25) is 9.36 Å². The molecule has 3 unspecified atom stereocenters. The minimum atomic E-state index is -4.55. The highest BCUT2D eigenvalue weighted by Crippen LogP contribution is 2.38. The van der Waals surface area contributed by atoms with Gasteiger partial charge in [0, 0.05) is 6.42 Å². The molecular weight excluding hydrogens is 455 g/mol. The van der Waals surface area contributed by atoms with Crippen LogP contribution in [0.5, 0.6) is 0 Å². The quantitative estimate of drug-likeness (QED) is 0.113. The van der Waals surface area contributed by atoms with Gasteiger partial charge in [-0.2, -0.15) is 0 Å². The molecule has 0 saturated carbocycles. The van der Waals surface area contributed by atoms with Crippen LogP contribution < -0.4 is 10.2 Å². The Morgan fingerprint density at radius 1 is 0.971 bits per heavy atom. The van der Waals surface area contributed by atoms with Crippen molar-refractivity contribution >= 4 is 13.7 Å². The number of nitrogens with one attached hydrogen (secondary N) is 1. The van der Waals surface area contributed by atoms with Crippen LogP contribution in [0.3, 0.4) is 0 Å². The van der Waals surface area contributed by atoms with Crippen LogP contribution in [0.2, 0.25) is 0 Å². The second kappa shape index (κ2) is 19.0. The summed E-state index contributed by atoms with van der Waals surface area (Å²) in [5.41, 5.74) is 0. The number of nitrogens with zero attached hydrogens (tertiary/aromatic N) is 1. The second-order valence-electron chi connectivity index (χ2n) is 9.32. The number of phosphoric acid groups is 1. The average molecular weight is 503 g/mol. The lowest BCUT2D eigenvalue weighted by Crippen LogP contribution is -2.45.